The van der Waals surface area contributed by atoms with Crippen molar-refractivity contribution < 1.29 is 4.79 Å². The highest BCUT2D eigenvalue weighted by Crippen LogP contribution is 2.58. The zero-order valence-electron chi connectivity index (χ0n) is 12.2. The first-order valence-electron chi connectivity index (χ1n) is 8.22. The van der Waals surface area contributed by atoms with E-state index in [2.05, 4.69) is 21.2 Å². The van der Waals surface area contributed by atoms with Gasteiger partial charge in [-0.05, 0) is 67.1 Å². The van der Waals surface area contributed by atoms with Gasteiger partial charge in [-0.25, -0.2) is 0 Å². The number of amides is 1. The summed E-state index contributed by atoms with van der Waals surface area (Å²) in [6.07, 6.45) is 6.84. The fourth-order valence-electron chi connectivity index (χ4n) is 5.23. The van der Waals surface area contributed by atoms with E-state index >= 15 is 0 Å². The summed E-state index contributed by atoms with van der Waals surface area (Å²) in [4.78, 5) is 12.4. The van der Waals surface area contributed by atoms with Gasteiger partial charge in [0.1, 0.15) is 0 Å². The quantitative estimate of drug-likeness (QED) is 0.818. The van der Waals surface area contributed by atoms with Crippen molar-refractivity contribution in [3.63, 3.8) is 0 Å². The van der Waals surface area contributed by atoms with Crippen molar-refractivity contribution in [2.45, 2.75) is 43.5 Å². The number of hydrogen-bond donors (Lipinski definition) is 1. The standard InChI is InChI=1S/C18H22BrNO/c19-10-11-4-6-12(7-5-11)18(21)20-17-9-13-8-16(17)15-3-1-2-14(13)15/h4-7,13-17H,1-3,8-10H2,(H,20,21). The summed E-state index contributed by atoms with van der Waals surface area (Å²) >= 11 is 3.44. The third kappa shape index (κ3) is 2.34. The largest absolute Gasteiger partial charge is 0.349 e. The number of nitrogens with one attached hydrogen (secondary N) is 1. The van der Waals surface area contributed by atoms with E-state index in [0.29, 0.717) is 6.04 Å². The Balaban J connectivity index is 1.43. The molecule has 3 heteroatoms. The average molecular weight is 348 g/mol. The van der Waals surface area contributed by atoms with Crippen molar-refractivity contribution in [3.05, 3.63) is 35.4 Å². The van der Waals surface area contributed by atoms with E-state index in [1.807, 2.05) is 24.3 Å². The molecule has 2 nitrogen and oxygen atoms in total. The first-order valence-corrected chi connectivity index (χ1v) is 9.34. The minimum atomic E-state index is 0.114. The zero-order valence-corrected chi connectivity index (χ0v) is 13.8. The van der Waals surface area contributed by atoms with Crippen LogP contribution < -0.4 is 5.32 Å². The van der Waals surface area contributed by atoms with Gasteiger partial charge in [-0.2, -0.15) is 0 Å². The fraction of sp³-hybridized carbons (Fsp3) is 0.611. The number of halogens is 1. The molecule has 0 spiro atoms. The molecule has 1 amide bonds. The van der Waals surface area contributed by atoms with Gasteiger partial charge in [0.25, 0.3) is 5.91 Å². The van der Waals surface area contributed by atoms with Crippen LogP contribution >= 0.6 is 15.9 Å². The second-order valence-corrected chi connectivity index (χ2v) is 7.63. The van der Waals surface area contributed by atoms with Crippen molar-refractivity contribution in [1.29, 1.82) is 0 Å². The van der Waals surface area contributed by atoms with E-state index < -0.39 is 0 Å². The molecule has 2 bridgehead atoms. The van der Waals surface area contributed by atoms with Gasteiger partial charge in [-0.3, -0.25) is 4.79 Å². The lowest BCUT2D eigenvalue weighted by atomic mass is 9.79. The molecule has 5 atom stereocenters. The Morgan fingerprint density at radius 3 is 2.62 bits per heavy atom. The highest BCUT2D eigenvalue weighted by atomic mass is 79.9. The SMILES string of the molecule is O=C(NC1CC2CC1C1CCCC21)c1ccc(CBr)cc1. The lowest BCUT2D eigenvalue weighted by Gasteiger charge is -2.32. The van der Waals surface area contributed by atoms with Crippen LogP contribution in [0.15, 0.2) is 24.3 Å². The van der Waals surface area contributed by atoms with Crippen molar-refractivity contribution in [3.8, 4) is 0 Å². The fourth-order valence-corrected chi connectivity index (χ4v) is 5.60. The maximum absolute atomic E-state index is 12.4. The first kappa shape index (κ1) is 13.8. The van der Waals surface area contributed by atoms with Gasteiger partial charge in [-0.1, -0.05) is 34.5 Å². The zero-order chi connectivity index (χ0) is 14.4. The number of hydrogen-bond acceptors (Lipinski definition) is 1. The molecule has 112 valence electrons. The summed E-state index contributed by atoms with van der Waals surface area (Å²) in [5, 5.41) is 4.16. The molecular formula is C18H22BrNO. The van der Waals surface area contributed by atoms with Gasteiger partial charge in [-0.15, -0.1) is 0 Å². The molecule has 1 N–H and O–H groups in total. The number of alkyl halides is 1. The molecule has 3 aliphatic rings. The van der Waals surface area contributed by atoms with Gasteiger partial charge in [0.15, 0.2) is 0 Å². The van der Waals surface area contributed by atoms with E-state index in [4.69, 9.17) is 0 Å². The highest BCUT2D eigenvalue weighted by Gasteiger charge is 2.53. The van der Waals surface area contributed by atoms with E-state index in [1.54, 1.807) is 0 Å². The maximum atomic E-state index is 12.4. The molecule has 3 aliphatic carbocycles. The Labute approximate surface area is 134 Å². The van der Waals surface area contributed by atoms with E-state index in [-0.39, 0.29) is 5.91 Å². The summed E-state index contributed by atoms with van der Waals surface area (Å²) in [5.41, 5.74) is 2.01. The van der Waals surface area contributed by atoms with Crippen LogP contribution in [0.5, 0.6) is 0 Å². The molecule has 21 heavy (non-hydrogen) atoms. The third-order valence-electron chi connectivity index (χ3n) is 6.12. The maximum Gasteiger partial charge on any atom is 0.251 e. The van der Waals surface area contributed by atoms with Gasteiger partial charge in [0.05, 0.1) is 0 Å². The number of carbonyl (C=O) groups excluding carboxylic acids is 1. The molecule has 3 saturated carbocycles. The highest BCUT2D eigenvalue weighted by molar-refractivity contribution is 9.08. The molecule has 0 radical (unpaired) electrons. The Morgan fingerprint density at radius 1 is 1.10 bits per heavy atom. The van der Waals surface area contributed by atoms with Crippen molar-refractivity contribution in [1.82, 2.24) is 5.32 Å². The summed E-state index contributed by atoms with van der Waals surface area (Å²) in [6.45, 7) is 0. The van der Waals surface area contributed by atoms with Gasteiger partial charge in [0.2, 0.25) is 0 Å². The van der Waals surface area contributed by atoms with E-state index in [9.17, 15) is 4.79 Å². The molecule has 5 unspecified atom stereocenters. The lowest BCUT2D eigenvalue weighted by Crippen LogP contribution is -2.42. The molecule has 1 aromatic rings. The number of fused-ring (bicyclic) bond motifs is 5. The van der Waals surface area contributed by atoms with Crippen LogP contribution in [0.4, 0.5) is 0 Å². The minimum absolute atomic E-state index is 0.114. The van der Waals surface area contributed by atoms with Crippen LogP contribution in [0.25, 0.3) is 0 Å². The molecule has 3 fully saturated rings. The van der Waals surface area contributed by atoms with Gasteiger partial charge in [0, 0.05) is 16.9 Å². The van der Waals surface area contributed by atoms with Gasteiger partial charge < -0.3 is 5.32 Å². The molecule has 0 heterocycles. The van der Waals surface area contributed by atoms with E-state index in [1.165, 1.54) is 37.7 Å². The van der Waals surface area contributed by atoms with Crippen molar-refractivity contribution in [2.24, 2.45) is 23.7 Å². The Kier molecular flexibility index (Phi) is 3.56. The lowest BCUT2D eigenvalue weighted by molar-refractivity contribution is 0.0901. The average Bonchev–Trinajstić information content (AvgIpc) is 3.19. The third-order valence-corrected chi connectivity index (χ3v) is 6.76. The second kappa shape index (κ2) is 5.42. The summed E-state index contributed by atoms with van der Waals surface area (Å²) < 4.78 is 0. The summed E-state index contributed by atoms with van der Waals surface area (Å²) in [5.74, 6) is 3.66. The van der Waals surface area contributed by atoms with Crippen LogP contribution in [-0.4, -0.2) is 11.9 Å². The molecule has 4 rings (SSSR count). The first-order chi connectivity index (χ1) is 10.3. The predicted molar refractivity (Wildman–Crippen MR) is 87.4 cm³/mol. The van der Waals surface area contributed by atoms with Gasteiger partial charge >= 0.3 is 0 Å². The minimum Gasteiger partial charge on any atom is -0.349 e. The number of carbonyl (C=O) groups is 1. The Morgan fingerprint density at radius 2 is 1.86 bits per heavy atom. The predicted octanol–water partition coefficient (Wildman–Crippen LogP) is 4.14. The normalized spacial score (nSPS) is 36.7. The van der Waals surface area contributed by atoms with Crippen LogP contribution in [0.3, 0.4) is 0 Å². The number of rotatable bonds is 3. The molecule has 1 aromatic carbocycles. The Hall–Kier alpha value is -0.830. The number of benzene rings is 1. The second-order valence-electron chi connectivity index (χ2n) is 7.06. The summed E-state index contributed by atoms with van der Waals surface area (Å²) in [7, 11) is 0. The van der Waals surface area contributed by atoms with Crippen LogP contribution in [0.1, 0.15) is 48.0 Å². The van der Waals surface area contributed by atoms with Crippen LogP contribution in [0, 0.1) is 23.7 Å². The monoisotopic (exact) mass is 347 g/mol. The van der Waals surface area contributed by atoms with Crippen molar-refractivity contribution in [2.75, 3.05) is 0 Å². The molecule has 0 saturated heterocycles. The molecule has 0 aliphatic heterocycles. The molecular weight excluding hydrogens is 326 g/mol. The Bertz CT molecular complexity index is 541. The van der Waals surface area contributed by atoms with Crippen LogP contribution in [-0.2, 0) is 5.33 Å². The van der Waals surface area contributed by atoms with Crippen LogP contribution in [0.2, 0.25) is 0 Å². The van der Waals surface area contributed by atoms with E-state index in [0.717, 1.165) is 34.6 Å². The smallest absolute Gasteiger partial charge is 0.251 e. The summed E-state index contributed by atoms with van der Waals surface area (Å²) in [6, 6.07) is 8.36. The van der Waals surface area contributed by atoms with Crippen molar-refractivity contribution >= 4 is 21.8 Å². The molecule has 0 aromatic heterocycles. The topological polar surface area (TPSA) is 29.1 Å².